The third kappa shape index (κ3) is 3.94. The molecule has 0 bridgehead atoms. The van der Waals surface area contributed by atoms with Gasteiger partial charge in [0.1, 0.15) is 5.75 Å². The third-order valence-corrected chi connectivity index (χ3v) is 5.90. The number of amides is 1. The minimum atomic E-state index is 0. The van der Waals surface area contributed by atoms with Crippen molar-refractivity contribution in [2.45, 2.75) is 45.2 Å². The highest BCUT2D eigenvalue weighted by Gasteiger charge is 2.26. The summed E-state index contributed by atoms with van der Waals surface area (Å²) < 4.78 is 7.90. The van der Waals surface area contributed by atoms with Gasteiger partial charge in [-0.05, 0) is 31.7 Å². The highest BCUT2D eigenvalue weighted by Crippen LogP contribution is 2.34. The van der Waals surface area contributed by atoms with Crippen LogP contribution in [0.2, 0.25) is 0 Å². The van der Waals surface area contributed by atoms with Crippen molar-refractivity contribution in [3.05, 3.63) is 30.0 Å². The Bertz CT molecular complexity index is 798. The highest BCUT2D eigenvalue weighted by atomic mass is 35.5. The van der Waals surface area contributed by atoms with Crippen molar-refractivity contribution in [2.75, 3.05) is 26.7 Å². The number of methoxy groups -OCH3 is 1. The summed E-state index contributed by atoms with van der Waals surface area (Å²) >= 11 is 0. The third-order valence-electron chi connectivity index (χ3n) is 5.90. The second kappa shape index (κ2) is 8.53. The van der Waals surface area contributed by atoms with Crippen LogP contribution in [-0.4, -0.2) is 48.2 Å². The van der Waals surface area contributed by atoms with Crippen molar-refractivity contribution in [1.82, 2.24) is 14.8 Å². The number of aromatic nitrogens is 1. The predicted octanol–water partition coefficient (Wildman–Crippen LogP) is 3.70. The van der Waals surface area contributed by atoms with Gasteiger partial charge in [0.25, 0.3) is 5.91 Å². The number of hydrogen-bond acceptors (Lipinski definition) is 3. The predicted molar refractivity (Wildman–Crippen MR) is 111 cm³/mol. The zero-order chi connectivity index (χ0) is 18.1. The summed E-state index contributed by atoms with van der Waals surface area (Å²) in [6, 6.07) is 6.38. The number of carbonyl (C=O) groups is 1. The Morgan fingerprint density at radius 2 is 2.07 bits per heavy atom. The van der Waals surface area contributed by atoms with Crippen LogP contribution in [0.1, 0.15) is 43.0 Å². The number of benzene rings is 1. The molecule has 2 fully saturated rings. The molecule has 1 atom stereocenters. The molecule has 2 heterocycles. The largest absolute Gasteiger partial charge is 0.495 e. The molecular formula is C21H30ClN3O2. The van der Waals surface area contributed by atoms with Gasteiger partial charge >= 0.3 is 0 Å². The fourth-order valence-electron chi connectivity index (χ4n) is 4.56. The van der Waals surface area contributed by atoms with Crippen LogP contribution >= 0.6 is 12.4 Å². The van der Waals surface area contributed by atoms with Crippen LogP contribution in [0.4, 0.5) is 0 Å². The average molecular weight is 392 g/mol. The Labute approximate surface area is 167 Å². The molecule has 0 unspecified atom stereocenters. The van der Waals surface area contributed by atoms with E-state index in [1.807, 2.05) is 17.0 Å². The van der Waals surface area contributed by atoms with Gasteiger partial charge in [-0.1, -0.05) is 25.0 Å². The van der Waals surface area contributed by atoms with E-state index in [-0.39, 0.29) is 18.3 Å². The van der Waals surface area contributed by atoms with Gasteiger partial charge in [0, 0.05) is 43.8 Å². The molecule has 0 spiro atoms. The Balaban J connectivity index is 0.00000210. The van der Waals surface area contributed by atoms with Gasteiger partial charge in [0.2, 0.25) is 0 Å². The van der Waals surface area contributed by atoms with Crippen LogP contribution in [0.25, 0.3) is 10.9 Å². The highest BCUT2D eigenvalue weighted by molar-refractivity contribution is 6.08. The van der Waals surface area contributed by atoms with E-state index in [0.717, 1.165) is 48.4 Å². The monoisotopic (exact) mass is 391 g/mol. The van der Waals surface area contributed by atoms with Gasteiger partial charge < -0.3 is 19.5 Å². The van der Waals surface area contributed by atoms with E-state index in [2.05, 4.69) is 29.1 Å². The van der Waals surface area contributed by atoms with Gasteiger partial charge in [-0.3, -0.25) is 4.79 Å². The maximum absolute atomic E-state index is 13.3. The van der Waals surface area contributed by atoms with E-state index in [9.17, 15) is 4.79 Å². The Morgan fingerprint density at radius 1 is 1.30 bits per heavy atom. The Hall–Kier alpha value is -1.72. The molecule has 1 aliphatic carbocycles. The summed E-state index contributed by atoms with van der Waals surface area (Å²) in [4.78, 5) is 15.2. The quantitative estimate of drug-likeness (QED) is 0.864. The van der Waals surface area contributed by atoms with Crippen molar-refractivity contribution >= 4 is 29.2 Å². The number of rotatable bonds is 4. The fourth-order valence-corrected chi connectivity index (χ4v) is 4.56. The summed E-state index contributed by atoms with van der Waals surface area (Å²) in [6.45, 7) is 5.49. The molecule has 2 aromatic rings. The lowest BCUT2D eigenvalue weighted by molar-refractivity contribution is 0.0711. The molecule has 4 rings (SSSR count). The summed E-state index contributed by atoms with van der Waals surface area (Å²) in [5.41, 5.74) is 1.87. The number of piperazine rings is 1. The van der Waals surface area contributed by atoms with E-state index < -0.39 is 0 Å². The van der Waals surface area contributed by atoms with E-state index >= 15 is 0 Å². The lowest BCUT2D eigenvalue weighted by Gasteiger charge is -2.31. The number of nitrogens with one attached hydrogen (secondary N) is 1. The van der Waals surface area contributed by atoms with Crippen LogP contribution in [-0.2, 0) is 6.54 Å². The van der Waals surface area contributed by atoms with Gasteiger partial charge in [0.05, 0.1) is 18.2 Å². The van der Waals surface area contributed by atoms with Crippen molar-refractivity contribution in [3.8, 4) is 5.75 Å². The molecular weight excluding hydrogens is 362 g/mol. The first-order chi connectivity index (χ1) is 12.7. The lowest BCUT2D eigenvalue weighted by atomic mass is 10.1. The van der Waals surface area contributed by atoms with Crippen LogP contribution in [0.5, 0.6) is 5.75 Å². The number of halogens is 1. The van der Waals surface area contributed by atoms with Crippen molar-refractivity contribution in [2.24, 2.45) is 5.92 Å². The Morgan fingerprint density at radius 3 is 2.78 bits per heavy atom. The molecule has 148 valence electrons. The second-order valence-electron chi connectivity index (χ2n) is 7.81. The second-order valence-corrected chi connectivity index (χ2v) is 7.81. The lowest BCUT2D eigenvalue weighted by Crippen LogP contribution is -2.51. The molecule has 6 heteroatoms. The average Bonchev–Trinajstić information content (AvgIpc) is 3.29. The van der Waals surface area contributed by atoms with Crippen LogP contribution in [0.15, 0.2) is 24.4 Å². The molecule has 27 heavy (non-hydrogen) atoms. The maximum atomic E-state index is 13.3. The number of para-hydroxylation sites is 1. The zero-order valence-electron chi connectivity index (χ0n) is 16.2. The zero-order valence-corrected chi connectivity index (χ0v) is 17.1. The van der Waals surface area contributed by atoms with E-state index in [1.165, 1.54) is 25.7 Å². The van der Waals surface area contributed by atoms with Gasteiger partial charge in [0.15, 0.2) is 0 Å². The first kappa shape index (κ1) is 20.0. The standard InChI is InChI=1S/C21H29N3O2.ClH/c1-15-12-23(11-10-22-15)21(25)18-14-24(13-16-6-3-4-7-16)20-17(18)8-5-9-19(20)26-2;/h5,8-9,14-16,22H,3-4,6-7,10-13H2,1-2H3;1H/t15-;/m0./s1. The molecule has 1 aromatic heterocycles. The number of hydrogen-bond donors (Lipinski definition) is 1. The number of carbonyl (C=O) groups excluding carboxylic acids is 1. The minimum Gasteiger partial charge on any atom is -0.495 e. The fraction of sp³-hybridized carbons (Fsp3) is 0.571. The molecule has 1 saturated heterocycles. The number of ether oxygens (including phenoxy) is 1. The maximum Gasteiger partial charge on any atom is 0.256 e. The van der Waals surface area contributed by atoms with E-state index in [4.69, 9.17) is 4.74 Å². The number of nitrogens with zero attached hydrogens (tertiary/aromatic N) is 2. The van der Waals surface area contributed by atoms with Crippen LogP contribution in [0.3, 0.4) is 0 Å². The summed E-state index contributed by atoms with van der Waals surface area (Å²) in [6.07, 6.45) is 7.29. The minimum absolute atomic E-state index is 0. The summed E-state index contributed by atoms with van der Waals surface area (Å²) in [5.74, 6) is 1.70. The molecule has 1 aromatic carbocycles. The van der Waals surface area contributed by atoms with Crippen molar-refractivity contribution in [1.29, 1.82) is 0 Å². The molecule has 1 N–H and O–H groups in total. The van der Waals surface area contributed by atoms with Crippen molar-refractivity contribution in [3.63, 3.8) is 0 Å². The van der Waals surface area contributed by atoms with Crippen LogP contribution in [0, 0.1) is 5.92 Å². The smallest absolute Gasteiger partial charge is 0.256 e. The topological polar surface area (TPSA) is 46.5 Å². The van der Waals surface area contributed by atoms with Gasteiger partial charge in [-0.25, -0.2) is 0 Å². The van der Waals surface area contributed by atoms with Crippen LogP contribution < -0.4 is 10.1 Å². The molecule has 1 amide bonds. The summed E-state index contributed by atoms with van der Waals surface area (Å²) in [5, 5.41) is 4.42. The molecule has 1 saturated carbocycles. The first-order valence-electron chi connectivity index (χ1n) is 9.86. The molecule has 0 radical (unpaired) electrons. The SMILES string of the molecule is COc1cccc2c(C(=O)N3CCN[C@@H](C)C3)cn(CC3CCCC3)c12.Cl. The van der Waals surface area contributed by atoms with Gasteiger partial charge in [-0.15, -0.1) is 12.4 Å². The molecule has 1 aliphatic heterocycles. The summed E-state index contributed by atoms with van der Waals surface area (Å²) in [7, 11) is 1.71. The van der Waals surface area contributed by atoms with Crippen molar-refractivity contribution < 1.29 is 9.53 Å². The normalized spacial score (nSPS) is 20.7. The Kier molecular flexibility index (Phi) is 6.33. The van der Waals surface area contributed by atoms with Gasteiger partial charge in [-0.2, -0.15) is 0 Å². The van der Waals surface area contributed by atoms with E-state index in [1.54, 1.807) is 7.11 Å². The molecule has 2 aliphatic rings. The first-order valence-corrected chi connectivity index (χ1v) is 9.86. The van der Waals surface area contributed by atoms with E-state index in [0.29, 0.717) is 12.0 Å². The molecule has 5 nitrogen and oxygen atoms in total. The number of fused-ring (bicyclic) bond motifs is 1.